The fraction of sp³-hybridized carbons (Fsp3) is 0.256. The van der Waals surface area contributed by atoms with Gasteiger partial charge in [-0.05, 0) is 79.6 Å². The van der Waals surface area contributed by atoms with E-state index in [1.54, 1.807) is 79.4 Å². The van der Waals surface area contributed by atoms with E-state index in [1.807, 2.05) is 43.3 Å². The van der Waals surface area contributed by atoms with Crippen LogP contribution in [0.25, 0.3) is 26.3 Å². The van der Waals surface area contributed by atoms with Gasteiger partial charge in [0.25, 0.3) is 0 Å². The molecule has 0 spiro atoms. The lowest BCUT2D eigenvalue weighted by Crippen LogP contribution is -2.49. The number of aromatic hydroxyl groups is 1. The normalized spacial score (nSPS) is 22.4. The van der Waals surface area contributed by atoms with Gasteiger partial charge >= 0.3 is 11.4 Å². The van der Waals surface area contributed by atoms with Crippen LogP contribution in [0.5, 0.6) is 5.75 Å². The number of amides is 2. The molecule has 2 amide bonds. The molecule has 13 heteroatoms. The van der Waals surface area contributed by atoms with Crippen LogP contribution in [0.1, 0.15) is 42.0 Å². The summed E-state index contributed by atoms with van der Waals surface area (Å²) in [7, 11) is 1.71. The Labute approximate surface area is 306 Å². The van der Waals surface area contributed by atoms with Crippen molar-refractivity contribution in [3.05, 3.63) is 127 Å². The molecule has 2 fully saturated rings. The number of imide groups is 1. The summed E-state index contributed by atoms with van der Waals surface area (Å²) in [5.74, 6) is -2.17. The number of fused-ring (bicyclic) bond motifs is 5. The standard InChI is InChI=1S/C39H33ClN6O5S/c1-20-9-8-12-25(33(20)47)32-24-15-16-43-37(50)44(23-10-6-5-7-11-23)38(51)46(43)29(24)18-27-35(48)45(36(49)39(27,32)3)31-19-28(41-42(31)4)34-21(2)26-17-22(40)13-14-30(26)52-34/h5-15,17,19,27,29,32,47H,16,18H2,1-4H3. The van der Waals surface area contributed by atoms with Crippen molar-refractivity contribution in [1.29, 1.82) is 0 Å². The zero-order chi connectivity index (χ0) is 36.4. The highest BCUT2D eigenvalue weighted by Crippen LogP contribution is 2.62. The maximum absolute atomic E-state index is 15.0. The highest BCUT2D eigenvalue weighted by molar-refractivity contribution is 7.22. The largest absolute Gasteiger partial charge is 0.507 e. The zero-order valence-corrected chi connectivity index (χ0v) is 30.3. The molecule has 3 aliphatic rings. The Morgan fingerprint density at radius 3 is 2.50 bits per heavy atom. The fourth-order valence-electron chi connectivity index (χ4n) is 8.77. The minimum atomic E-state index is -1.34. The van der Waals surface area contributed by atoms with E-state index in [0.717, 1.165) is 25.1 Å². The quantitative estimate of drug-likeness (QED) is 0.169. The lowest BCUT2D eigenvalue weighted by Gasteiger charge is -2.47. The third-order valence-electron chi connectivity index (χ3n) is 11.3. The molecule has 4 unspecified atom stereocenters. The molecule has 1 aliphatic carbocycles. The number of phenols is 1. The Balaban J connectivity index is 1.20. The Bertz CT molecular complexity index is 2680. The minimum Gasteiger partial charge on any atom is -0.507 e. The van der Waals surface area contributed by atoms with Gasteiger partial charge in [0.15, 0.2) is 0 Å². The number of hydrogen-bond donors (Lipinski definition) is 1. The van der Waals surface area contributed by atoms with Gasteiger partial charge in [-0.2, -0.15) is 5.10 Å². The van der Waals surface area contributed by atoms with E-state index >= 15 is 4.79 Å². The summed E-state index contributed by atoms with van der Waals surface area (Å²) in [5, 5.41) is 18.0. The average Bonchev–Trinajstić information content (AvgIpc) is 3.80. The van der Waals surface area contributed by atoms with Gasteiger partial charge in [-0.25, -0.2) is 28.4 Å². The maximum Gasteiger partial charge on any atom is 0.352 e. The summed E-state index contributed by atoms with van der Waals surface area (Å²) in [4.78, 5) is 59.9. The molecule has 5 heterocycles. The molecular formula is C39H33ClN6O5S. The number of allylic oxidation sites excluding steroid dienone is 2. The minimum absolute atomic E-state index is 0.0213. The summed E-state index contributed by atoms with van der Waals surface area (Å²) in [5.41, 5.74) is 1.50. The average molecular weight is 733 g/mol. The van der Waals surface area contributed by atoms with E-state index in [0.29, 0.717) is 38.9 Å². The number of nitrogens with zero attached hydrogens (tertiary/aromatic N) is 6. The number of carbonyl (C=O) groups excluding carboxylic acids is 2. The molecule has 11 nitrogen and oxygen atoms in total. The Morgan fingerprint density at radius 2 is 1.73 bits per heavy atom. The second-order valence-corrected chi connectivity index (χ2v) is 15.6. The van der Waals surface area contributed by atoms with Crippen molar-refractivity contribution < 1.29 is 14.7 Å². The first-order valence-electron chi connectivity index (χ1n) is 17.0. The number of rotatable bonds is 4. The number of carbonyl (C=O) groups is 2. The van der Waals surface area contributed by atoms with E-state index < -0.39 is 46.5 Å². The van der Waals surface area contributed by atoms with Gasteiger partial charge in [-0.1, -0.05) is 54.1 Å². The SMILES string of the molecule is Cc1cccc(C2C3=CCn4c(=O)n(-c5ccccc5)c(=O)n4C3CC3C(=O)N(c4cc(-c5sc6ccc(Cl)cc6c5C)nn4C)C(=O)C32C)c1O. The molecule has 3 aromatic heterocycles. The third kappa shape index (κ3) is 4.27. The van der Waals surface area contributed by atoms with Gasteiger partial charge in [0.1, 0.15) is 17.3 Å². The highest BCUT2D eigenvalue weighted by Gasteiger charge is 2.66. The van der Waals surface area contributed by atoms with Crippen LogP contribution in [0.4, 0.5) is 5.82 Å². The van der Waals surface area contributed by atoms with Crippen molar-refractivity contribution in [1.82, 2.24) is 23.7 Å². The van der Waals surface area contributed by atoms with Crippen LogP contribution in [0.3, 0.4) is 0 Å². The summed E-state index contributed by atoms with van der Waals surface area (Å²) < 4.78 is 6.56. The van der Waals surface area contributed by atoms with Crippen molar-refractivity contribution >= 4 is 50.7 Å². The second kappa shape index (κ2) is 11.3. The lowest BCUT2D eigenvalue weighted by molar-refractivity contribution is -0.129. The van der Waals surface area contributed by atoms with Gasteiger partial charge < -0.3 is 5.11 Å². The van der Waals surface area contributed by atoms with Crippen LogP contribution in [0, 0.1) is 25.2 Å². The molecule has 6 aromatic rings. The predicted octanol–water partition coefficient (Wildman–Crippen LogP) is 6.26. The summed E-state index contributed by atoms with van der Waals surface area (Å²) in [6.45, 7) is 5.66. The zero-order valence-electron chi connectivity index (χ0n) is 28.7. The van der Waals surface area contributed by atoms with Crippen molar-refractivity contribution in [3.63, 3.8) is 0 Å². The topological polar surface area (TPSA) is 124 Å². The number of hydrogen-bond acceptors (Lipinski definition) is 7. The summed E-state index contributed by atoms with van der Waals surface area (Å²) >= 11 is 7.87. The maximum atomic E-state index is 15.0. The Hall–Kier alpha value is -5.46. The summed E-state index contributed by atoms with van der Waals surface area (Å²) in [6.07, 6.45) is 1.99. The Morgan fingerprint density at radius 1 is 0.962 bits per heavy atom. The van der Waals surface area contributed by atoms with Gasteiger partial charge in [0.05, 0.1) is 34.5 Å². The molecule has 4 atom stereocenters. The fourth-order valence-corrected chi connectivity index (χ4v) is 10.1. The number of para-hydroxylation sites is 2. The highest BCUT2D eigenvalue weighted by atomic mass is 35.5. The lowest BCUT2D eigenvalue weighted by atomic mass is 9.56. The number of phenolic OH excluding ortho intramolecular Hbond substituents is 1. The van der Waals surface area contributed by atoms with E-state index in [2.05, 4.69) is 0 Å². The molecule has 1 N–H and O–H groups in total. The smallest absolute Gasteiger partial charge is 0.352 e. The van der Waals surface area contributed by atoms with Crippen LogP contribution >= 0.6 is 22.9 Å². The number of aryl methyl sites for hydroxylation is 3. The van der Waals surface area contributed by atoms with Crippen molar-refractivity contribution in [2.75, 3.05) is 4.90 Å². The van der Waals surface area contributed by atoms with Crippen LogP contribution < -0.4 is 16.3 Å². The molecule has 262 valence electrons. The van der Waals surface area contributed by atoms with Crippen LogP contribution in [0.2, 0.25) is 5.02 Å². The van der Waals surface area contributed by atoms with Gasteiger partial charge in [0.2, 0.25) is 11.8 Å². The molecule has 2 aliphatic heterocycles. The van der Waals surface area contributed by atoms with Crippen molar-refractivity contribution in [2.45, 2.75) is 45.7 Å². The third-order valence-corrected chi connectivity index (χ3v) is 12.9. The molecule has 1 saturated heterocycles. The van der Waals surface area contributed by atoms with E-state index in [9.17, 15) is 19.5 Å². The van der Waals surface area contributed by atoms with E-state index in [-0.39, 0.29) is 18.7 Å². The van der Waals surface area contributed by atoms with Crippen LogP contribution in [-0.2, 0) is 23.2 Å². The number of benzene rings is 3. The molecular weight excluding hydrogens is 700 g/mol. The van der Waals surface area contributed by atoms with Crippen molar-refractivity contribution in [3.8, 4) is 22.0 Å². The molecule has 0 radical (unpaired) electrons. The monoisotopic (exact) mass is 732 g/mol. The molecule has 0 bridgehead atoms. The summed E-state index contributed by atoms with van der Waals surface area (Å²) in [6, 6.07) is 20.9. The van der Waals surface area contributed by atoms with E-state index in [1.165, 1.54) is 14.3 Å². The first-order valence-corrected chi connectivity index (χ1v) is 18.2. The van der Waals surface area contributed by atoms with Gasteiger partial charge in [-0.15, -0.1) is 11.3 Å². The number of aromatic nitrogens is 5. The van der Waals surface area contributed by atoms with E-state index in [4.69, 9.17) is 16.7 Å². The van der Waals surface area contributed by atoms with Gasteiger partial charge in [-0.3, -0.25) is 14.3 Å². The molecule has 52 heavy (non-hydrogen) atoms. The van der Waals surface area contributed by atoms with Crippen LogP contribution in [0.15, 0.2) is 94.0 Å². The van der Waals surface area contributed by atoms with Gasteiger partial charge in [0, 0.05) is 34.3 Å². The van der Waals surface area contributed by atoms with Crippen LogP contribution in [-0.4, -0.2) is 40.6 Å². The molecule has 3 aromatic carbocycles. The molecule has 1 saturated carbocycles. The first-order chi connectivity index (χ1) is 24.9. The number of thiophene rings is 1. The predicted molar refractivity (Wildman–Crippen MR) is 199 cm³/mol. The number of anilines is 1. The Kier molecular flexibility index (Phi) is 7.03. The van der Waals surface area contributed by atoms with Crippen molar-refractivity contribution in [2.24, 2.45) is 18.4 Å². The second-order valence-electron chi connectivity index (χ2n) is 14.1. The number of halogens is 1. The molecule has 9 rings (SSSR count). The first kappa shape index (κ1) is 32.4.